The first-order valence-corrected chi connectivity index (χ1v) is 10.6. The van der Waals surface area contributed by atoms with Crippen molar-refractivity contribution in [2.45, 2.75) is 39.8 Å². The molecule has 2 aromatic rings. The molecule has 0 bridgehead atoms. The van der Waals surface area contributed by atoms with Gasteiger partial charge in [-0.05, 0) is 32.4 Å². The summed E-state index contributed by atoms with van der Waals surface area (Å²) >= 11 is 18.9. The van der Waals surface area contributed by atoms with Crippen LogP contribution in [-0.2, 0) is 11.3 Å². The number of amides is 1. The maximum Gasteiger partial charge on any atom is 0.247 e. The molecule has 1 aromatic heterocycles. The van der Waals surface area contributed by atoms with E-state index in [4.69, 9.17) is 34.8 Å². The van der Waals surface area contributed by atoms with Crippen molar-refractivity contribution in [1.82, 2.24) is 19.6 Å². The molecule has 8 heteroatoms. The molecular weight excluding hydrogens is 419 g/mol. The van der Waals surface area contributed by atoms with Gasteiger partial charge in [0.2, 0.25) is 5.91 Å². The van der Waals surface area contributed by atoms with Gasteiger partial charge in [-0.25, -0.2) is 0 Å². The van der Waals surface area contributed by atoms with Crippen LogP contribution in [0.15, 0.2) is 18.2 Å². The van der Waals surface area contributed by atoms with Crippen LogP contribution < -0.4 is 0 Å². The van der Waals surface area contributed by atoms with E-state index >= 15 is 0 Å². The Hall–Kier alpha value is -1.27. The third-order valence-corrected chi connectivity index (χ3v) is 6.59. The molecule has 1 aliphatic rings. The maximum absolute atomic E-state index is 13.1. The topological polar surface area (TPSA) is 41.4 Å². The molecule has 1 fully saturated rings. The molecule has 152 valence electrons. The van der Waals surface area contributed by atoms with E-state index in [2.05, 4.69) is 10.00 Å². The van der Waals surface area contributed by atoms with Crippen molar-refractivity contribution >= 4 is 40.7 Å². The summed E-state index contributed by atoms with van der Waals surface area (Å²) in [5.41, 5.74) is 2.53. The van der Waals surface area contributed by atoms with E-state index in [1.165, 1.54) is 0 Å². The Bertz CT molecular complexity index is 839. The van der Waals surface area contributed by atoms with Crippen molar-refractivity contribution < 1.29 is 4.79 Å². The van der Waals surface area contributed by atoms with Crippen molar-refractivity contribution in [1.29, 1.82) is 0 Å². The summed E-state index contributed by atoms with van der Waals surface area (Å²) in [6, 6.07) is 5.23. The molecule has 3 rings (SSSR count). The standard InChI is InChI=1S/C20H25Cl3N4O/c1-4-18(27-14(3)19(23)13(2)24-27)20(28)26-10-8-25(9-11-26)12-15-16(21)6-5-7-17(15)22/h5-7,18H,4,8-12H2,1-3H3. The first kappa shape index (κ1) is 21.4. The van der Waals surface area contributed by atoms with Gasteiger partial charge in [-0.1, -0.05) is 47.8 Å². The Morgan fingerprint density at radius 3 is 2.21 bits per heavy atom. The summed E-state index contributed by atoms with van der Waals surface area (Å²) in [7, 11) is 0. The second-order valence-electron chi connectivity index (χ2n) is 7.16. The SMILES string of the molecule is CCC(C(=O)N1CCN(Cc2c(Cl)cccc2Cl)CC1)n1nc(C)c(Cl)c1C. The summed E-state index contributed by atoms with van der Waals surface area (Å²) in [4.78, 5) is 17.3. The average Bonchev–Trinajstić information content (AvgIpc) is 2.93. The minimum Gasteiger partial charge on any atom is -0.338 e. The third kappa shape index (κ3) is 4.33. The molecule has 1 aliphatic heterocycles. The lowest BCUT2D eigenvalue weighted by molar-refractivity contribution is -0.137. The smallest absolute Gasteiger partial charge is 0.247 e. The van der Waals surface area contributed by atoms with Gasteiger partial charge in [0.25, 0.3) is 0 Å². The van der Waals surface area contributed by atoms with E-state index in [1.807, 2.05) is 43.9 Å². The summed E-state index contributed by atoms with van der Waals surface area (Å²) in [5.74, 6) is 0.0974. The van der Waals surface area contributed by atoms with Crippen molar-refractivity contribution in [2.24, 2.45) is 0 Å². The Kier molecular flexibility index (Phi) is 6.92. The van der Waals surface area contributed by atoms with Crippen molar-refractivity contribution in [3.63, 3.8) is 0 Å². The number of carbonyl (C=O) groups excluding carboxylic acids is 1. The van der Waals surface area contributed by atoms with Crippen LogP contribution in [-0.4, -0.2) is 51.7 Å². The highest BCUT2D eigenvalue weighted by atomic mass is 35.5. The van der Waals surface area contributed by atoms with Gasteiger partial charge in [-0.2, -0.15) is 5.10 Å². The van der Waals surface area contributed by atoms with Crippen LogP contribution in [0.4, 0.5) is 0 Å². The Labute approximate surface area is 181 Å². The number of rotatable bonds is 5. The number of nitrogens with zero attached hydrogens (tertiary/aromatic N) is 4. The second kappa shape index (κ2) is 9.04. The number of hydrogen-bond donors (Lipinski definition) is 0. The molecule has 0 saturated carbocycles. The fourth-order valence-electron chi connectivity index (χ4n) is 3.64. The highest BCUT2D eigenvalue weighted by molar-refractivity contribution is 6.36. The minimum atomic E-state index is -0.323. The molecular formula is C20H25Cl3N4O. The lowest BCUT2D eigenvalue weighted by Crippen LogP contribution is -2.50. The van der Waals surface area contributed by atoms with Gasteiger partial charge >= 0.3 is 0 Å². The van der Waals surface area contributed by atoms with Gasteiger partial charge in [0, 0.05) is 48.3 Å². The van der Waals surface area contributed by atoms with Crippen LogP contribution in [0, 0.1) is 13.8 Å². The van der Waals surface area contributed by atoms with Crippen LogP contribution in [0.25, 0.3) is 0 Å². The molecule has 0 N–H and O–H groups in total. The minimum absolute atomic E-state index is 0.0974. The highest BCUT2D eigenvalue weighted by Crippen LogP contribution is 2.27. The average molecular weight is 444 g/mol. The molecule has 1 saturated heterocycles. The second-order valence-corrected chi connectivity index (χ2v) is 8.35. The molecule has 2 heterocycles. The predicted octanol–water partition coefficient (Wildman–Crippen LogP) is 4.76. The van der Waals surface area contributed by atoms with Gasteiger partial charge in [-0.3, -0.25) is 14.4 Å². The van der Waals surface area contributed by atoms with Crippen LogP contribution in [0.2, 0.25) is 15.1 Å². The highest BCUT2D eigenvalue weighted by Gasteiger charge is 2.30. The van der Waals surface area contributed by atoms with Crippen molar-refractivity contribution in [3.8, 4) is 0 Å². The van der Waals surface area contributed by atoms with Crippen molar-refractivity contribution in [2.75, 3.05) is 26.2 Å². The molecule has 5 nitrogen and oxygen atoms in total. The van der Waals surface area contributed by atoms with Gasteiger partial charge in [-0.15, -0.1) is 0 Å². The first-order chi connectivity index (χ1) is 13.3. The zero-order valence-electron chi connectivity index (χ0n) is 16.4. The number of piperazine rings is 1. The van der Waals surface area contributed by atoms with Crippen LogP contribution in [0.5, 0.6) is 0 Å². The summed E-state index contributed by atoms with van der Waals surface area (Å²) in [6.07, 6.45) is 0.673. The Morgan fingerprint density at radius 2 is 1.71 bits per heavy atom. The zero-order valence-corrected chi connectivity index (χ0v) is 18.7. The van der Waals surface area contributed by atoms with Gasteiger partial charge in [0.05, 0.1) is 16.4 Å². The lowest BCUT2D eigenvalue weighted by atomic mass is 10.1. The number of carbonyl (C=O) groups is 1. The molecule has 1 atom stereocenters. The summed E-state index contributed by atoms with van der Waals surface area (Å²) in [5, 5.41) is 6.47. The monoisotopic (exact) mass is 442 g/mol. The Balaban J connectivity index is 1.65. The van der Waals surface area contributed by atoms with Crippen LogP contribution in [0.1, 0.15) is 36.3 Å². The number of hydrogen-bond acceptors (Lipinski definition) is 3. The molecule has 0 spiro atoms. The Morgan fingerprint density at radius 1 is 1.11 bits per heavy atom. The lowest BCUT2D eigenvalue weighted by Gasteiger charge is -2.36. The molecule has 1 unspecified atom stereocenters. The molecule has 0 radical (unpaired) electrons. The van der Waals surface area contributed by atoms with E-state index in [0.29, 0.717) is 41.1 Å². The third-order valence-electron chi connectivity index (χ3n) is 5.33. The van der Waals surface area contributed by atoms with E-state index in [1.54, 1.807) is 4.68 Å². The molecule has 28 heavy (non-hydrogen) atoms. The van der Waals surface area contributed by atoms with E-state index in [9.17, 15) is 4.79 Å². The van der Waals surface area contributed by atoms with E-state index < -0.39 is 0 Å². The molecule has 1 amide bonds. The number of benzene rings is 1. The van der Waals surface area contributed by atoms with Crippen LogP contribution >= 0.6 is 34.8 Å². The van der Waals surface area contributed by atoms with Gasteiger partial charge in [0.1, 0.15) is 6.04 Å². The van der Waals surface area contributed by atoms with Gasteiger partial charge in [0.15, 0.2) is 0 Å². The summed E-state index contributed by atoms with van der Waals surface area (Å²) in [6.45, 7) is 9.36. The maximum atomic E-state index is 13.1. The zero-order chi connectivity index (χ0) is 20.4. The number of aryl methyl sites for hydroxylation is 1. The summed E-state index contributed by atoms with van der Waals surface area (Å²) < 4.78 is 1.77. The predicted molar refractivity (Wildman–Crippen MR) is 114 cm³/mol. The molecule has 0 aliphatic carbocycles. The van der Waals surface area contributed by atoms with Crippen LogP contribution in [0.3, 0.4) is 0 Å². The first-order valence-electron chi connectivity index (χ1n) is 9.48. The quantitative estimate of drug-likeness (QED) is 0.669. The number of aromatic nitrogens is 2. The van der Waals surface area contributed by atoms with E-state index in [-0.39, 0.29) is 11.9 Å². The fraction of sp³-hybridized carbons (Fsp3) is 0.500. The van der Waals surface area contributed by atoms with Gasteiger partial charge < -0.3 is 4.90 Å². The van der Waals surface area contributed by atoms with Crippen molar-refractivity contribution in [3.05, 3.63) is 50.2 Å². The normalized spacial score (nSPS) is 16.4. The molecule has 1 aromatic carbocycles. The largest absolute Gasteiger partial charge is 0.338 e. The number of halogens is 3. The fourth-order valence-corrected chi connectivity index (χ4v) is 4.28. The van der Waals surface area contributed by atoms with E-state index in [0.717, 1.165) is 30.0 Å².